The van der Waals surface area contributed by atoms with Gasteiger partial charge in [-0.05, 0) is 87.3 Å². The number of rotatable bonds is 4. The molecule has 6 heteroatoms. The summed E-state index contributed by atoms with van der Waals surface area (Å²) in [5.41, 5.74) is 0.649. The van der Waals surface area contributed by atoms with E-state index in [9.17, 15) is 15.3 Å². The van der Waals surface area contributed by atoms with E-state index in [1.165, 1.54) is 30.5 Å². The second-order valence-electron chi connectivity index (χ2n) is 14.0. The number of hydrogen-bond donors (Lipinski definition) is 3. The number of aliphatic hydroxyl groups is 2. The molecular formula is C29H42ClNO4. The van der Waals surface area contributed by atoms with E-state index in [1.54, 1.807) is 0 Å². The van der Waals surface area contributed by atoms with Crippen LogP contribution in [0, 0.1) is 28.1 Å². The number of piperidine rings is 1. The summed E-state index contributed by atoms with van der Waals surface area (Å²) in [6.45, 7) is 10.7. The van der Waals surface area contributed by atoms with Crippen LogP contribution < -0.4 is 4.74 Å². The van der Waals surface area contributed by atoms with Crippen molar-refractivity contribution in [2.45, 2.75) is 95.8 Å². The van der Waals surface area contributed by atoms with Crippen LogP contribution in [0.2, 0.25) is 0 Å². The van der Waals surface area contributed by atoms with Crippen molar-refractivity contribution in [3.05, 3.63) is 23.3 Å². The molecule has 2 spiro atoms. The number of benzene rings is 1. The first kappa shape index (κ1) is 24.3. The zero-order valence-corrected chi connectivity index (χ0v) is 22.5. The molecule has 7 atom stereocenters. The van der Waals surface area contributed by atoms with E-state index in [0.717, 1.165) is 44.6 Å². The molecule has 1 aromatic carbocycles. The number of aliphatic hydroxyl groups excluding tert-OH is 1. The van der Waals surface area contributed by atoms with Crippen molar-refractivity contribution in [3.63, 3.8) is 0 Å². The Morgan fingerprint density at radius 3 is 2.51 bits per heavy atom. The average molecular weight is 504 g/mol. The molecule has 5 fully saturated rings. The van der Waals surface area contributed by atoms with E-state index in [0.29, 0.717) is 11.8 Å². The summed E-state index contributed by atoms with van der Waals surface area (Å²) < 4.78 is 6.86. The van der Waals surface area contributed by atoms with Crippen molar-refractivity contribution in [1.29, 1.82) is 0 Å². The van der Waals surface area contributed by atoms with Crippen molar-refractivity contribution in [3.8, 4) is 11.5 Å². The largest absolute Gasteiger partial charge is 0.504 e. The van der Waals surface area contributed by atoms with Crippen molar-refractivity contribution in [2.75, 3.05) is 19.7 Å². The molecule has 5 aliphatic carbocycles. The van der Waals surface area contributed by atoms with Crippen LogP contribution in [0.15, 0.2) is 12.1 Å². The Morgan fingerprint density at radius 2 is 1.86 bits per heavy atom. The molecule has 2 heterocycles. The molecule has 0 radical (unpaired) electrons. The first-order chi connectivity index (χ1) is 16.0. The standard InChI is InChI=1S/C29H41NO4.ClH/c1-25(2,3)26(4,33)20-14-28-10-9-27(20,16-31)24-29(28)11-12-30(15-17-5-6-17)21(28)13-18-7-8-19(32)23(34-24)22(18)29;/h7-8,17,20-21,24,31-33H,5-6,9-16H2,1-4H3;1H/t20-,21-,24+,26+,27-,28?,29+;/m1./s1. The first-order valence-corrected chi connectivity index (χ1v) is 13.6. The quantitative estimate of drug-likeness (QED) is 0.567. The zero-order valence-electron chi connectivity index (χ0n) is 21.6. The number of likely N-dealkylation sites (tertiary alicyclic amines) is 1. The van der Waals surface area contributed by atoms with Crippen LogP contribution in [0.3, 0.4) is 0 Å². The molecule has 2 aliphatic heterocycles. The van der Waals surface area contributed by atoms with Crippen molar-refractivity contribution in [2.24, 2.45) is 28.1 Å². The van der Waals surface area contributed by atoms with Crippen LogP contribution in [0.1, 0.15) is 77.3 Å². The molecule has 7 aliphatic rings. The van der Waals surface area contributed by atoms with Crippen molar-refractivity contribution >= 4 is 12.4 Å². The average Bonchev–Trinajstić information content (AvgIpc) is 3.53. The summed E-state index contributed by atoms with van der Waals surface area (Å²) in [5, 5.41) is 34.2. The number of phenols is 1. The van der Waals surface area contributed by atoms with Crippen molar-refractivity contribution in [1.82, 2.24) is 4.90 Å². The van der Waals surface area contributed by atoms with E-state index >= 15 is 0 Å². The van der Waals surface area contributed by atoms with E-state index in [-0.39, 0.29) is 53.0 Å². The van der Waals surface area contributed by atoms with Crippen LogP contribution in [0.25, 0.3) is 0 Å². The molecule has 5 nitrogen and oxygen atoms in total. The van der Waals surface area contributed by atoms with Crippen LogP contribution >= 0.6 is 12.4 Å². The van der Waals surface area contributed by atoms with Crippen LogP contribution in [0.4, 0.5) is 0 Å². The highest BCUT2D eigenvalue weighted by Crippen LogP contribution is 2.79. The minimum Gasteiger partial charge on any atom is -0.504 e. The van der Waals surface area contributed by atoms with Crippen molar-refractivity contribution < 1.29 is 20.1 Å². The monoisotopic (exact) mass is 503 g/mol. The Hall–Kier alpha value is -1.01. The number of fused-ring (bicyclic) bond motifs is 2. The third-order valence-electron chi connectivity index (χ3n) is 12.0. The highest BCUT2D eigenvalue weighted by atomic mass is 35.5. The second-order valence-corrected chi connectivity index (χ2v) is 14.0. The molecule has 8 rings (SSSR count). The van der Waals surface area contributed by atoms with Gasteiger partial charge in [0.1, 0.15) is 6.10 Å². The van der Waals surface area contributed by atoms with E-state index in [2.05, 4.69) is 31.7 Å². The number of halogens is 1. The maximum Gasteiger partial charge on any atom is 0.165 e. The van der Waals surface area contributed by atoms with Gasteiger partial charge in [-0.3, -0.25) is 4.90 Å². The third-order valence-corrected chi connectivity index (χ3v) is 12.0. The lowest BCUT2D eigenvalue weighted by Gasteiger charge is -2.76. The lowest BCUT2D eigenvalue weighted by atomic mass is 9.31. The molecule has 194 valence electrons. The van der Waals surface area contributed by atoms with Gasteiger partial charge in [0.2, 0.25) is 0 Å². The fraction of sp³-hybridized carbons (Fsp3) is 0.793. The molecule has 35 heavy (non-hydrogen) atoms. The number of phenolic OH excluding ortho intramolecular Hbond substituents is 1. The smallest absolute Gasteiger partial charge is 0.165 e. The predicted molar refractivity (Wildman–Crippen MR) is 137 cm³/mol. The minimum atomic E-state index is -0.944. The van der Waals surface area contributed by atoms with Gasteiger partial charge in [-0.2, -0.15) is 0 Å². The fourth-order valence-electron chi connectivity index (χ4n) is 9.74. The Morgan fingerprint density at radius 1 is 1.11 bits per heavy atom. The van der Waals surface area contributed by atoms with Crippen LogP contribution in [0.5, 0.6) is 11.5 Å². The Bertz CT molecular complexity index is 1060. The molecule has 1 aromatic rings. The van der Waals surface area contributed by atoms with Gasteiger partial charge in [0.25, 0.3) is 0 Å². The van der Waals surface area contributed by atoms with E-state index in [1.807, 2.05) is 13.0 Å². The summed E-state index contributed by atoms with van der Waals surface area (Å²) in [5.74, 6) is 1.70. The summed E-state index contributed by atoms with van der Waals surface area (Å²) in [6.07, 6.45) is 7.43. The molecule has 4 saturated carbocycles. The number of aromatic hydroxyl groups is 1. The molecule has 1 saturated heterocycles. The Kier molecular flexibility index (Phi) is 4.93. The highest BCUT2D eigenvalue weighted by molar-refractivity contribution is 5.85. The topological polar surface area (TPSA) is 73.2 Å². The summed E-state index contributed by atoms with van der Waals surface area (Å²) >= 11 is 0. The SMILES string of the molecule is CC(C)(C)[C@@](C)(O)[C@H]1CC23CC[C@]1(CO)[C@@H]1Oc4c(O)ccc5c4[C@@]12CCN(CC1CC1)[C@@H]3C5.Cl. The second kappa shape index (κ2) is 7.09. The normalized spacial score (nSPS) is 42.6. The summed E-state index contributed by atoms with van der Waals surface area (Å²) in [6, 6.07) is 4.39. The Balaban J connectivity index is 0.00000229. The highest BCUT2D eigenvalue weighted by Gasteiger charge is 2.81. The minimum absolute atomic E-state index is 0. The maximum absolute atomic E-state index is 12.2. The number of hydrogen-bond acceptors (Lipinski definition) is 5. The lowest BCUT2D eigenvalue weighted by Crippen LogP contribution is -2.81. The molecule has 1 unspecified atom stereocenters. The first-order valence-electron chi connectivity index (χ1n) is 13.6. The maximum atomic E-state index is 12.2. The molecule has 4 bridgehead atoms. The van der Waals surface area contributed by atoms with Gasteiger partial charge >= 0.3 is 0 Å². The predicted octanol–water partition coefficient (Wildman–Crippen LogP) is 4.43. The van der Waals surface area contributed by atoms with E-state index < -0.39 is 11.0 Å². The van der Waals surface area contributed by atoms with Crippen LogP contribution in [-0.2, 0) is 11.8 Å². The molecular weight excluding hydrogens is 462 g/mol. The van der Waals surface area contributed by atoms with Crippen LogP contribution in [-0.4, -0.2) is 57.7 Å². The summed E-state index contributed by atoms with van der Waals surface area (Å²) in [7, 11) is 0. The van der Waals surface area contributed by atoms with Gasteiger partial charge in [0.15, 0.2) is 11.5 Å². The molecule has 0 aromatic heterocycles. The van der Waals surface area contributed by atoms with Gasteiger partial charge in [-0.25, -0.2) is 0 Å². The lowest BCUT2D eigenvalue weighted by molar-refractivity contribution is -0.289. The number of nitrogens with zero attached hydrogens (tertiary/aromatic N) is 1. The van der Waals surface area contributed by atoms with Gasteiger partial charge in [-0.1, -0.05) is 26.8 Å². The fourth-order valence-corrected chi connectivity index (χ4v) is 9.74. The van der Waals surface area contributed by atoms with Gasteiger partial charge < -0.3 is 20.1 Å². The zero-order chi connectivity index (χ0) is 23.9. The van der Waals surface area contributed by atoms with Gasteiger partial charge in [0.05, 0.1) is 12.2 Å². The Labute approximate surface area is 215 Å². The van der Waals surface area contributed by atoms with Gasteiger partial charge in [-0.15, -0.1) is 12.4 Å². The van der Waals surface area contributed by atoms with E-state index in [4.69, 9.17) is 4.74 Å². The molecule has 0 amide bonds. The van der Waals surface area contributed by atoms with Gasteiger partial charge in [0, 0.05) is 34.4 Å². The number of ether oxygens (including phenoxy) is 1. The summed E-state index contributed by atoms with van der Waals surface area (Å²) in [4.78, 5) is 2.80. The third kappa shape index (κ3) is 2.62. The molecule has 3 N–H and O–H groups in total.